The summed E-state index contributed by atoms with van der Waals surface area (Å²) < 4.78 is 0. The van der Waals surface area contributed by atoms with Crippen molar-refractivity contribution in [2.45, 2.75) is 161 Å². The molecular weight excluding hydrogens is 372 g/mol. The summed E-state index contributed by atoms with van der Waals surface area (Å²) in [4.78, 5) is 10.5. The van der Waals surface area contributed by atoms with Crippen molar-refractivity contribution in [1.82, 2.24) is 0 Å². The summed E-state index contributed by atoms with van der Waals surface area (Å²) in [6.07, 6.45) is 27.5. The van der Waals surface area contributed by atoms with Crippen LogP contribution in [0.15, 0.2) is 0 Å². The monoisotopic (exact) mass is 426 g/mol. The highest BCUT2D eigenvalue weighted by molar-refractivity contribution is 5.71. The molecule has 0 aliphatic carbocycles. The van der Waals surface area contributed by atoms with Gasteiger partial charge < -0.3 is 10.2 Å². The quantitative estimate of drug-likeness (QED) is 0.152. The topological polar surface area (TPSA) is 57.5 Å². The SMILES string of the molecule is CCC(C)CCCCCCCCCCCCCCCCCCCCCC(O)C(=O)O. The van der Waals surface area contributed by atoms with Gasteiger partial charge in [0.15, 0.2) is 6.10 Å². The van der Waals surface area contributed by atoms with E-state index in [9.17, 15) is 9.90 Å². The first kappa shape index (κ1) is 29.4. The number of unbranched alkanes of at least 4 members (excludes halogenated alkanes) is 18. The summed E-state index contributed by atoms with van der Waals surface area (Å²) in [6.45, 7) is 4.68. The summed E-state index contributed by atoms with van der Waals surface area (Å²) in [5.74, 6) is -0.164. The predicted octanol–water partition coefficient (Wildman–Crippen LogP) is 8.67. The molecule has 0 bridgehead atoms. The molecule has 3 nitrogen and oxygen atoms in total. The second-order valence-corrected chi connectivity index (χ2v) is 9.66. The van der Waals surface area contributed by atoms with E-state index in [2.05, 4.69) is 13.8 Å². The molecule has 30 heavy (non-hydrogen) atoms. The van der Waals surface area contributed by atoms with Crippen LogP contribution >= 0.6 is 0 Å². The third-order valence-corrected chi connectivity index (χ3v) is 6.66. The predicted molar refractivity (Wildman–Crippen MR) is 130 cm³/mol. The number of carbonyl (C=O) groups is 1. The number of hydrogen-bond donors (Lipinski definition) is 2. The van der Waals surface area contributed by atoms with Crippen LogP contribution in [-0.2, 0) is 4.79 Å². The van der Waals surface area contributed by atoms with E-state index < -0.39 is 12.1 Å². The molecule has 3 heteroatoms. The van der Waals surface area contributed by atoms with E-state index in [4.69, 9.17) is 5.11 Å². The molecule has 0 fully saturated rings. The first-order valence-corrected chi connectivity index (χ1v) is 13.5. The lowest BCUT2D eigenvalue weighted by molar-refractivity contribution is -0.146. The second kappa shape index (κ2) is 23.1. The average Bonchev–Trinajstić information content (AvgIpc) is 2.74. The maximum atomic E-state index is 10.5. The van der Waals surface area contributed by atoms with Crippen LogP contribution in [0.1, 0.15) is 155 Å². The van der Waals surface area contributed by atoms with Crippen molar-refractivity contribution < 1.29 is 15.0 Å². The molecule has 0 saturated carbocycles. The highest BCUT2D eigenvalue weighted by atomic mass is 16.4. The fourth-order valence-corrected chi connectivity index (χ4v) is 4.16. The molecule has 0 spiro atoms. The molecule has 0 aromatic heterocycles. The molecule has 0 rings (SSSR count). The lowest BCUT2D eigenvalue weighted by atomic mass is 9.99. The van der Waals surface area contributed by atoms with Crippen molar-refractivity contribution in [3.05, 3.63) is 0 Å². The van der Waals surface area contributed by atoms with Gasteiger partial charge in [-0.3, -0.25) is 0 Å². The van der Waals surface area contributed by atoms with Crippen LogP contribution in [0.4, 0.5) is 0 Å². The number of carboxylic acids is 1. The fourth-order valence-electron chi connectivity index (χ4n) is 4.16. The number of aliphatic hydroxyl groups is 1. The zero-order chi connectivity index (χ0) is 22.3. The van der Waals surface area contributed by atoms with Crippen molar-refractivity contribution in [2.24, 2.45) is 5.92 Å². The van der Waals surface area contributed by atoms with Gasteiger partial charge in [0.05, 0.1) is 0 Å². The molecule has 0 amide bonds. The molecule has 2 N–H and O–H groups in total. The molecule has 0 aromatic carbocycles. The van der Waals surface area contributed by atoms with Crippen LogP contribution in [0.5, 0.6) is 0 Å². The van der Waals surface area contributed by atoms with Crippen LogP contribution in [0.25, 0.3) is 0 Å². The van der Waals surface area contributed by atoms with Gasteiger partial charge in [0.1, 0.15) is 0 Å². The normalized spacial score (nSPS) is 13.4. The molecule has 0 radical (unpaired) electrons. The van der Waals surface area contributed by atoms with E-state index in [1.54, 1.807) is 0 Å². The van der Waals surface area contributed by atoms with Crippen molar-refractivity contribution >= 4 is 5.97 Å². The van der Waals surface area contributed by atoms with Gasteiger partial charge in [-0.25, -0.2) is 4.79 Å². The van der Waals surface area contributed by atoms with Gasteiger partial charge >= 0.3 is 5.97 Å². The molecule has 0 aromatic rings. The highest BCUT2D eigenvalue weighted by Gasteiger charge is 2.11. The lowest BCUT2D eigenvalue weighted by Gasteiger charge is -2.07. The van der Waals surface area contributed by atoms with Gasteiger partial charge in [-0.2, -0.15) is 0 Å². The Kier molecular flexibility index (Phi) is 22.7. The van der Waals surface area contributed by atoms with Crippen LogP contribution in [0.2, 0.25) is 0 Å². The Labute approximate surface area is 188 Å². The Balaban J connectivity index is 3.07. The standard InChI is InChI=1S/C27H54O3/c1-3-25(2)23-21-19-17-15-13-11-9-7-5-4-6-8-10-12-14-16-18-20-22-24-26(28)27(29)30/h25-26,28H,3-24H2,1-2H3,(H,29,30). The Morgan fingerprint density at radius 3 is 1.10 bits per heavy atom. The van der Waals surface area contributed by atoms with E-state index >= 15 is 0 Å². The van der Waals surface area contributed by atoms with Gasteiger partial charge in [-0.05, 0) is 12.3 Å². The van der Waals surface area contributed by atoms with Crippen LogP contribution in [0.3, 0.4) is 0 Å². The van der Waals surface area contributed by atoms with Gasteiger partial charge in [0.25, 0.3) is 0 Å². The molecule has 2 unspecified atom stereocenters. The summed E-state index contributed by atoms with van der Waals surface area (Å²) >= 11 is 0. The number of carboxylic acid groups (broad SMARTS) is 1. The van der Waals surface area contributed by atoms with Crippen molar-refractivity contribution in [2.75, 3.05) is 0 Å². The molecule has 180 valence electrons. The van der Waals surface area contributed by atoms with Gasteiger partial charge in [-0.1, -0.05) is 149 Å². The first-order chi connectivity index (χ1) is 14.6. The Morgan fingerprint density at radius 1 is 0.567 bits per heavy atom. The minimum Gasteiger partial charge on any atom is -0.479 e. The van der Waals surface area contributed by atoms with Crippen LogP contribution < -0.4 is 0 Å². The fraction of sp³-hybridized carbons (Fsp3) is 0.963. The number of aliphatic hydroxyl groups excluding tert-OH is 1. The Hall–Kier alpha value is -0.570. The average molecular weight is 427 g/mol. The summed E-state index contributed by atoms with van der Waals surface area (Å²) in [7, 11) is 0. The molecule has 0 heterocycles. The molecule has 0 saturated heterocycles. The van der Waals surface area contributed by atoms with Gasteiger partial charge in [0, 0.05) is 0 Å². The Bertz CT molecular complexity index is 356. The number of rotatable bonds is 24. The van der Waals surface area contributed by atoms with Crippen molar-refractivity contribution in [3.8, 4) is 0 Å². The summed E-state index contributed by atoms with van der Waals surface area (Å²) in [6, 6.07) is 0. The number of aliphatic carboxylic acids is 1. The number of hydrogen-bond acceptors (Lipinski definition) is 2. The second-order valence-electron chi connectivity index (χ2n) is 9.66. The van der Waals surface area contributed by atoms with E-state index in [1.165, 1.54) is 122 Å². The first-order valence-electron chi connectivity index (χ1n) is 13.5. The summed E-state index contributed by atoms with van der Waals surface area (Å²) in [5.41, 5.74) is 0. The molecule has 2 atom stereocenters. The minimum absolute atomic E-state index is 0.397. The van der Waals surface area contributed by atoms with Crippen LogP contribution in [0, 0.1) is 5.92 Å². The maximum absolute atomic E-state index is 10.5. The van der Waals surface area contributed by atoms with E-state index in [0.29, 0.717) is 6.42 Å². The van der Waals surface area contributed by atoms with Gasteiger partial charge in [-0.15, -0.1) is 0 Å². The smallest absolute Gasteiger partial charge is 0.332 e. The molecular formula is C27H54O3. The van der Waals surface area contributed by atoms with Crippen molar-refractivity contribution in [3.63, 3.8) is 0 Å². The van der Waals surface area contributed by atoms with E-state index in [1.807, 2.05) is 0 Å². The molecule has 0 aliphatic rings. The van der Waals surface area contributed by atoms with E-state index in [0.717, 1.165) is 18.8 Å². The van der Waals surface area contributed by atoms with Crippen molar-refractivity contribution in [1.29, 1.82) is 0 Å². The van der Waals surface area contributed by atoms with E-state index in [-0.39, 0.29) is 0 Å². The summed E-state index contributed by atoms with van der Waals surface area (Å²) in [5, 5.41) is 17.8. The van der Waals surface area contributed by atoms with Crippen LogP contribution in [-0.4, -0.2) is 22.3 Å². The zero-order valence-electron chi connectivity index (χ0n) is 20.5. The third kappa shape index (κ3) is 22.1. The minimum atomic E-state index is -1.17. The lowest BCUT2D eigenvalue weighted by Crippen LogP contribution is -2.18. The van der Waals surface area contributed by atoms with Gasteiger partial charge in [0.2, 0.25) is 0 Å². The third-order valence-electron chi connectivity index (χ3n) is 6.66. The maximum Gasteiger partial charge on any atom is 0.332 e. The molecule has 0 aliphatic heterocycles. The zero-order valence-corrected chi connectivity index (χ0v) is 20.5. The highest BCUT2D eigenvalue weighted by Crippen LogP contribution is 2.16. The largest absolute Gasteiger partial charge is 0.479 e. The Morgan fingerprint density at radius 2 is 0.833 bits per heavy atom.